The summed E-state index contributed by atoms with van der Waals surface area (Å²) in [7, 11) is 0. The van der Waals surface area contributed by atoms with Gasteiger partial charge in [-0.2, -0.15) is 13.2 Å². The maximum atomic E-state index is 12.9. The third-order valence-electron chi connectivity index (χ3n) is 4.98. The molecule has 1 amide bonds. The van der Waals surface area contributed by atoms with E-state index in [1.165, 1.54) is 29.2 Å². The van der Waals surface area contributed by atoms with Crippen LogP contribution in [0.1, 0.15) is 16.8 Å². The molecule has 174 valence electrons. The van der Waals surface area contributed by atoms with Gasteiger partial charge >= 0.3 is 12.5 Å². The number of hydrogen-bond donors (Lipinski definition) is 2. The van der Waals surface area contributed by atoms with Crippen molar-refractivity contribution in [2.24, 2.45) is 5.84 Å². The number of anilines is 1. The Morgan fingerprint density at radius 3 is 2.28 bits per heavy atom. The number of carbonyl (C=O) groups excluding carboxylic acids is 1. The first-order chi connectivity index (χ1) is 14.8. The number of nitrogens with zero attached hydrogens (tertiary/aromatic N) is 2. The maximum Gasteiger partial charge on any atom is 0.573 e. The molecule has 6 nitrogen and oxygen atoms in total. The highest BCUT2D eigenvalue weighted by Crippen LogP contribution is 2.29. The molecule has 1 unspecified atom stereocenters. The van der Waals surface area contributed by atoms with Crippen molar-refractivity contribution < 1.29 is 35.9 Å². The van der Waals surface area contributed by atoms with E-state index in [2.05, 4.69) is 4.74 Å². The average Bonchev–Trinajstić information content (AvgIpc) is 3.13. The zero-order valence-corrected chi connectivity index (χ0v) is 16.6. The van der Waals surface area contributed by atoms with Crippen LogP contribution in [-0.2, 0) is 0 Å². The smallest absolute Gasteiger partial charge is 0.406 e. The van der Waals surface area contributed by atoms with E-state index in [0.717, 1.165) is 17.1 Å². The SMILES string of the molecule is Nc1ccc(-c2ccc(OC(F)(F)F)cc2)cc1C(=O)N(N)C1CCN(CC(F)(F)F)C1. The van der Waals surface area contributed by atoms with Crippen molar-refractivity contribution in [2.75, 3.05) is 25.4 Å². The summed E-state index contributed by atoms with van der Waals surface area (Å²) in [6.45, 7) is -0.966. The summed E-state index contributed by atoms with van der Waals surface area (Å²) in [6.07, 6.45) is -8.89. The molecule has 1 heterocycles. The van der Waals surface area contributed by atoms with E-state index in [4.69, 9.17) is 11.6 Å². The second kappa shape index (κ2) is 8.87. The summed E-state index contributed by atoms with van der Waals surface area (Å²) >= 11 is 0. The van der Waals surface area contributed by atoms with Gasteiger partial charge in [-0.3, -0.25) is 14.7 Å². The van der Waals surface area contributed by atoms with Gasteiger partial charge in [0.1, 0.15) is 5.75 Å². The predicted molar refractivity (Wildman–Crippen MR) is 104 cm³/mol. The molecule has 0 bridgehead atoms. The van der Waals surface area contributed by atoms with Gasteiger partial charge in [0.05, 0.1) is 18.2 Å². The lowest BCUT2D eigenvalue weighted by Gasteiger charge is -2.25. The zero-order chi connectivity index (χ0) is 23.7. The number of amides is 1. The summed E-state index contributed by atoms with van der Waals surface area (Å²) in [6, 6.07) is 8.85. The first-order valence-electron chi connectivity index (χ1n) is 9.45. The lowest BCUT2D eigenvalue weighted by atomic mass is 10.0. The van der Waals surface area contributed by atoms with Crippen molar-refractivity contribution in [1.29, 1.82) is 0 Å². The van der Waals surface area contributed by atoms with E-state index >= 15 is 0 Å². The van der Waals surface area contributed by atoms with Crippen LogP contribution in [0.5, 0.6) is 5.75 Å². The Morgan fingerprint density at radius 2 is 1.69 bits per heavy atom. The molecule has 0 spiro atoms. The van der Waals surface area contributed by atoms with Gasteiger partial charge in [0.2, 0.25) is 0 Å². The van der Waals surface area contributed by atoms with E-state index in [1.54, 1.807) is 6.07 Å². The monoisotopic (exact) mass is 462 g/mol. The number of nitrogen functional groups attached to an aromatic ring is 1. The number of rotatable bonds is 5. The van der Waals surface area contributed by atoms with Crippen LogP contribution in [0.3, 0.4) is 0 Å². The Labute approximate surface area is 179 Å². The lowest BCUT2D eigenvalue weighted by Crippen LogP contribution is -2.47. The number of nitrogens with two attached hydrogens (primary N) is 2. The van der Waals surface area contributed by atoms with Gasteiger partial charge < -0.3 is 10.5 Å². The lowest BCUT2D eigenvalue weighted by molar-refractivity contribution is -0.274. The Bertz CT molecular complexity index is 962. The maximum absolute atomic E-state index is 12.9. The summed E-state index contributed by atoms with van der Waals surface area (Å²) < 4.78 is 78.5. The molecule has 1 saturated heterocycles. The van der Waals surface area contributed by atoms with Crippen molar-refractivity contribution in [2.45, 2.75) is 25.0 Å². The van der Waals surface area contributed by atoms with Gasteiger partial charge in [-0.25, -0.2) is 5.84 Å². The molecule has 2 aromatic carbocycles. The van der Waals surface area contributed by atoms with Crippen LogP contribution in [0.25, 0.3) is 11.1 Å². The van der Waals surface area contributed by atoms with Gasteiger partial charge in [0.15, 0.2) is 0 Å². The van der Waals surface area contributed by atoms with Crippen molar-refractivity contribution in [1.82, 2.24) is 9.91 Å². The summed E-state index contributed by atoms with van der Waals surface area (Å²) in [4.78, 5) is 14.0. The number of halogens is 6. The fraction of sp³-hybridized carbons (Fsp3) is 0.350. The second-order valence-electron chi connectivity index (χ2n) is 7.38. The summed E-state index contributed by atoms with van der Waals surface area (Å²) in [5, 5.41) is 0.881. The van der Waals surface area contributed by atoms with Gasteiger partial charge in [0.25, 0.3) is 5.91 Å². The fourth-order valence-corrected chi connectivity index (χ4v) is 3.51. The van der Waals surface area contributed by atoms with Crippen molar-refractivity contribution in [3.05, 3.63) is 48.0 Å². The second-order valence-corrected chi connectivity index (χ2v) is 7.38. The van der Waals surface area contributed by atoms with E-state index in [9.17, 15) is 31.1 Å². The number of benzene rings is 2. The van der Waals surface area contributed by atoms with Crippen molar-refractivity contribution in [3.63, 3.8) is 0 Å². The van der Waals surface area contributed by atoms with Gasteiger partial charge in [-0.1, -0.05) is 18.2 Å². The molecule has 1 atom stereocenters. The number of ether oxygens (including phenoxy) is 1. The van der Waals surface area contributed by atoms with E-state index in [0.29, 0.717) is 11.1 Å². The van der Waals surface area contributed by atoms with Crippen LogP contribution in [0.15, 0.2) is 42.5 Å². The van der Waals surface area contributed by atoms with Crippen LogP contribution >= 0.6 is 0 Å². The molecule has 3 rings (SSSR count). The number of likely N-dealkylation sites (tertiary alicyclic amines) is 1. The molecule has 1 aliphatic rings. The molecule has 0 radical (unpaired) electrons. The van der Waals surface area contributed by atoms with Crippen LogP contribution in [-0.4, -0.2) is 54.0 Å². The quantitative estimate of drug-likeness (QED) is 0.232. The third kappa shape index (κ3) is 6.04. The first kappa shape index (κ1) is 23.7. The van der Waals surface area contributed by atoms with Crippen molar-refractivity contribution in [3.8, 4) is 16.9 Å². The molecular formula is C20H20F6N4O2. The molecule has 1 fully saturated rings. The molecule has 0 aliphatic carbocycles. The number of hydrogen-bond acceptors (Lipinski definition) is 5. The Kier molecular flexibility index (Phi) is 6.56. The van der Waals surface area contributed by atoms with Crippen LogP contribution in [0, 0.1) is 0 Å². The first-order valence-corrected chi connectivity index (χ1v) is 9.45. The van der Waals surface area contributed by atoms with E-state index in [-0.39, 0.29) is 30.8 Å². The summed E-state index contributed by atoms with van der Waals surface area (Å²) in [5.74, 6) is 4.85. The molecule has 12 heteroatoms. The van der Waals surface area contributed by atoms with Crippen LogP contribution < -0.4 is 16.3 Å². The zero-order valence-electron chi connectivity index (χ0n) is 16.6. The van der Waals surface area contributed by atoms with Crippen LogP contribution in [0.2, 0.25) is 0 Å². The minimum absolute atomic E-state index is 0.0258. The minimum atomic E-state index is -4.82. The van der Waals surface area contributed by atoms with Crippen molar-refractivity contribution >= 4 is 11.6 Å². The van der Waals surface area contributed by atoms with Crippen LogP contribution in [0.4, 0.5) is 32.0 Å². The Balaban J connectivity index is 1.75. The molecule has 1 aliphatic heterocycles. The predicted octanol–water partition coefficient (Wildman–Crippen LogP) is 3.79. The summed E-state index contributed by atoms with van der Waals surface area (Å²) in [5.41, 5.74) is 7.03. The average molecular weight is 462 g/mol. The largest absolute Gasteiger partial charge is 0.573 e. The highest BCUT2D eigenvalue weighted by atomic mass is 19.4. The van der Waals surface area contributed by atoms with Gasteiger partial charge in [-0.15, -0.1) is 13.2 Å². The normalized spacial score (nSPS) is 17.4. The fourth-order valence-electron chi connectivity index (χ4n) is 3.51. The van der Waals surface area contributed by atoms with Gasteiger partial charge in [-0.05, 0) is 41.8 Å². The minimum Gasteiger partial charge on any atom is -0.406 e. The van der Waals surface area contributed by atoms with E-state index < -0.39 is 36.8 Å². The number of alkyl halides is 6. The Morgan fingerprint density at radius 1 is 1.06 bits per heavy atom. The molecule has 32 heavy (non-hydrogen) atoms. The highest BCUT2D eigenvalue weighted by molar-refractivity contribution is 6.00. The number of hydrazine groups is 1. The molecule has 2 aromatic rings. The third-order valence-corrected chi connectivity index (χ3v) is 4.98. The number of carbonyl (C=O) groups is 1. The Hall–Kier alpha value is -2.99. The molecular weight excluding hydrogens is 442 g/mol. The molecule has 4 N–H and O–H groups in total. The van der Waals surface area contributed by atoms with E-state index in [1.807, 2.05) is 0 Å². The standard InChI is InChI=1S/C20H20F6N4O2/c21-19(22,23)11-29-8-7-14(10-29)30(28)18(31)16-9-13(3-6-17(16)27)12-1-4-15(5-2-12)32-20(24,25)26/h1-6,9,14H,7-8,10-11,27-28H2. The molecule has 0 aromatic heterocycles. The highest BCUT2D eigenvalue weighted by Gasteiger charge is 2.37. The molecule has 0 saturated carbocycles. The topological polar surface area (TPSA) is 84.8 Å². The van der Waals surface area contributed by atoms with Gasteiger partial charge in [0, 0.05) is 18.8 Å².